The number of thioether (sulfide) groups is 1. The second kappa shape index (κ2) is 6.00. The number of H-pyrrole nitrogens is 1. The van der Waals surface area contributed by atoms with Crippen LogP contribution in [0.5, 0.6) is 0 Å². The third-order valence-electron chi connectivity index (χ3n) is 2.79. The van der Waals surface area contributed by atoms with E-state index in [1.165, 1.54) is 6.07 Å². The Labute approximate surface area is 110 Å². The minimum Gasteiger partial charge on any atom is -0.258 e. The molecule has 5 heteroatoms. The molecule has 0 unspecified atom stereocenters. The number of rotatable bonds is 5. The van der Waals surface area contributed by atoms with Crippen LogP contribution in [0.15, 0.2) is 29.4 Å². The number of aromatic nitrogens is 3. The van der Waals surface area contributed by atoms with Gasteiger partial charge in [-0.25, -0.2) is 9.37 Å². The zero-order chi connectivity index (χ0) is 13.0. The third-order valence-corrected chi connectivity index (χ3v) is 3.96. The average Bonchev–Trinajstić information content (AvgIpc) is 2.85. The second-order valence-corrected chi connectivity index (χ2v) is 5.26. The Bertz CT molecular complexity index is 512. The highest BCUT2D eigenvalue weighted by Crippen LogP contribution is 2.23. The molecule has 3 nitrogen and oxygen atoms in total. The fraction of sp³-hybridized carbons (Fsp3) is 0.385. The first-order chi connectivity index (χ1) is 8.70. The van der Waals surface area contributed by atoms with Crippen LogP contribution in [-0.4, -0.2) is 20.9 Å². The standard InChI is InChI=1S/C13H16FN3S/c1-3-9(2)8-18-13-15-12(16-17-13)10-6-4-5-7-11(10)14/h4-7,9H,3,8H2,1-2H3,(H,15,16,17)/t9-/m0/s1. The van der Waals surface area contributed by atoms with Gasteiger partial charge in [0.15, 0.2) is 5.82 Å². The van der Waals surface area contributed by atoms with Crippen molar-refractivity contribution in [3.05, 3.63) is 30.1 Å². The molecular formula is C13H16FN3S. The Morgan fingerprint density at radius 3 is 2.89 bits per heavy atom. The Morgan fingerprint density at radius 1 is 1.39 bits per heavy atom. The molecule has 0 aliphatic rings. The summed E-state index contributed by atoms with van der Waals surface area (Å²) in [6.45, 7) is 4.35. The second-order valence-electron chi connectivity index (χ2n) is 4.27. The quantitative estimate of drug-likeness (QED) is 0.837. The summed E-state index contributed by atoms with van der Waals surface area (Å²) in [5.41, 5.74) is 0.459. The van der Waals surface area contributed by atoms with Crippen LogP contribution in [0.25, 0.3) is 11.4 Å². The Kier molecular flexibility index (Phi) is 4.36. The van der Waals surface area contributed by atoms with Gasteiger partial charge >= 0.3 is 0 Å². The maximum absolute atomic E-state index is 13.6. The Balaban J connectivity index is 2.09. The van der Waals surface area contributed by atoms with Crippen molar-refractivity contribution in [2.24, 2.45) is 5.92 Å². The summed E-state index contributed by atoms with van der Waals surface area (Å²) in [4.78, 5) is 4.30. The zero-order valence-corrected chi connectivity index (χ0v) is 11.3. The van der Waals surface area contributed by atoms with E-state index in [9.17, 15) is 4.39 Å². The van der Waals surface area contributed by atoms with E-state index in [2.05, 4.69) is 29.0 Å². The van der Waals surface area contributed by atoms with Crippen molar-refractivity contribution in [3.63, 3.8) is 0 Å². The van der Waals surface area contributed by atoms with E-state index in [1.54, 1.807) is 30.0 Å². The molecule has 0 amide bonds. The van der Waals surface area contributed by atoms with E-state index < -0.39 is 0 Å². The lowest BCUT2D eigenvalue weighted by atomic mass is 10.2. The number of nitrogens with zero attached hydrogens (tertiary/aromatic N) is 2. The van der Waals surface area contributed by atoms with Crippen LogP contribution in [0.1, 0.15) is 20.3 Å². The smallest absolute Gasteiger partial charge is 0.208 e. The summed E-state index contributed by atoms with van der Waals surface area (Å²) in [6.07, 6.45) is 1.14. The van der Waals surface area contributed by atoms with Gasteiger partial charge in [-0.3, -0.25) is 5.10 Å². The van der Waals surface area contributed by atoms with Crippen molar-refractivity contribution in [1.29, 1.82) is 0 Å². The summed E-state index contributed by atoms with van der Waals surface area (Å²) >= 11 is 1.60. The Morgan fingerprint density at radius 2 is 2.17 bits per heavy atom. The predicted octanol–water partition coefficient (Wildman–Crippen LogP) is 3.75. The van der Waals surface area contributed by atoms with Crippen LogP contribution in [-0.2, 0) is 0 Å². The highest BCUT2D eigenvalue weighted by Gasteiger charge is 2.10. The van der Waals surface area contributed by atoms with E-state index in [1.807, 2.05) is 0 Å². The van der Waals surface area contributed by atoms with Crippen molar-refractivity contribution in [3.8, 4) is 11.4 Å². The molecule has 0 bridgehead atoms. The molecule has 0 aliphatic heterocycles. The van der Waals surface area contributed by atoms with Crippen LogP contribution < -0.4 is 0 Å². The minimum absolute atomic E-state index is 0.285. The van der Waals surface area contributed by atoms with E-state index in [0.29, 0.717) is 22.5 Å². The molecule has 96 valence electrons. The van der Waals surface area contributed by atoms with Crippen LogP contribution in [0.4, 0.5) is 4.39 Å². The zero-order valence-electron chi connectivity index (χ0n) is 10.5. The van der Waals surface area contributed by atoms with Gasteiger partial charge in [-0.15, -0.1) is 5.10 Å². The molecule has 0 fully saturated rings. The number of hydrogen-bond acceptors (Lipinski definition) is 3. The van der Waals surface area contributed by atoms with Gasteiger partial charge in [-0.1, -0.05) is 44.2 Å². The van der Waals surface area contributed by atoms with Crippen molar-refractivity contribution in [2.75, 3.05) is 5.75 Å². The summed E-state index contributed by atoms with van der Waals surface area (Å²) < 4.78 is 13.6. The molecule has 1 N–H and O–H groups in total. The summed E-state index contributed by atoms with van der Waals surface area (Å²) in [6, 6.07) is 6.56. The van der Waals surface area contributed by atoms with Gasteiger partial charge in [0, 0.05) is 5.75 Å². The Hall–Kier alpha value is -1.36. The van der Waals surface area contributed by atoms with Gasteiger partial charge in [0.1, 0.15) is 5.82 Å². The van der Waals surface area contributed by atoms with Gasteiger partial charge in [0.2, 0.25) is 5.16 Å². The average molecular weight is 265 g/mol. The lowest BCUT2D eigenvalue weighted by Crippen LogP contribution is -1.95. The monoisotopic (exact) mass is 265 g/mol. The summed E-state index contributed by atoms with van der Waals surface area (Å²) in [5, 5.41) is 7.56. The van der Waals surface area contributed by atoms with Gasteiger partial charge < -0.3 is 0 Å². The van der Waals surface area contributed by atoms with Crippen LogP contribution >= 0.6 is 11.8 Å². The first-order valence-electron chi connectivity index (χ1n) is 6.00. The van der Waals surface area contributed by atoms with E-state index >= 15 is 0 Å². The molecular weight excluding hydrogens is 249 g/mol. The van der Waals surface area contributed by atoms with Crippen LogP contribution in [0.2, 0.25) is 0 Å². The van der Waals surface area contributed by atoms with Crippen molar-refractivity contribution >= 4 is 11.8 Å². The molecule has 1 aromatic carbocycles. The van der Waals surface area contributed by atoms with Crippen molar-refractivity contribution in [2.45, 2.75) is 25.4 Å². The van der Waals surface area contributed by atoms with Gasteiger partial charge in [0.05, 0.1) is 5.56 Å². The number of aromatic amines is 1. The fourth-order valence-corrected chi connectivity index (χ4v) is 2.35. The molecule has 0 spiro atoms. The largest absolute Gasteiger partial charge is 0.258 e. The molecule has 0 radical (unpaired) electrons. The molecule has 1 atom stereocenters. The molecule has 18 heavy (non-hydrogen) atoms. The fourth-order valence-electron chi connectivity index (χ4n) is 1.42. The van der Waals surface area contributed by atoms with Gasteiger partial charge in [-0.05, 0) is 18.1 Å². The lowest BCUT2D eigenvalue weighted by Gasteiger charge is -2.04. The SMILES string of the molecule is CC[C@H](C)CSc1n[nH]c(-c2ccccc2F)n1. The highest BCUT2D eigenvalue weighted by molar-refractivity contribution is 7.99. The number of hydrogen-bond donors (Lipinski definition) is 1. The topological polar surface area (TPSA) is 41.6 Å². The van der Waals surface area contributed by atoms with E-state index in [4.69, 9.17) is 0 Å². The van der Waals surface area contributed by atoms with E-state index in [0.717, 1.165) is 12.2 Å². The molecule has 1 heterocycles. The molecule has 1 aromatic heterocycles. The number of halogens is 1. The van der Waals surface area contributed by atoms with Crippen molar-refractivity contribution < 1.29 is 4.39 Å². The van der Waals surface area contributed by atoms with E-state index in [-0.39, 0.29) is 5.82 Å². The van der Waals surface area contributed by atoms with Gasteiger partial charge in [0.25, 0.3) is 0 Å². The predicted molar refractivity (Wildman–Crippen MR) is 72.0 cm³/mol. The molecule has 0 saturated carbocycles. The van der Waals surface area contributed by atoms with Gasteiger partial charge in [-0.2, -0.15) is 0 Å². The van der Waals surface area contributed by atoms with Crippen LogP contribution in [0.3, 0.4) is 0 Å². The summed E-state index contributed by atoms with van der Waals surface area (Å²) in [7, 11) is 0. The minimum atomic E-state index is -0.285. The van der Waals surface area contributed by atoms with Crippen molar-refractivity contribution in [1.82, 2.24) is 15.2 Å². The normalized spacial score (nSPS) is 12.6. The molecule has 2 aromatic rings. The number of nitrogens with one attached hydrogen (secondary N) is 1. The summed E-state index contributed by atoms with van der Waals surface area (Å²) in [5.74, 6) is 1.81. The van der Waals surface area contributed by atoms with Crippen LogP contribution in [0, 0.1) is 11.7 Å². The third kappa shape index (κ3) is 3.10. The first-order valence-corrected chi connectivity index (χ1v) is 6.99. The molecule has 0 aliphatic carbocycles. The highest BCUT2D eigenvalue weighted by atomic mass is 32.2. The molecule has 0 saturated heterocycles. The number of benzene rings is 1. The maximum Gasteiger partial charge on any atom is 0.208 e. The first kappa shape index (κ1) is 13.1. The lowest BCUT2D eigenvalue weighted by molar-refractivity contribution is 0.630. The molecule has 2 rings (SSSR count). The maximum atomic E-state index is 13.6.